The molecular weight excluding hydrogens is 348 g/mol. The number of aromatic amines is 1. The van der Waals surface area contributed by atoms with Crippen LogP contribution in [-0.4, -0.2) is 50.6 Å². The maximum absolute atomic E-state index is 12.4. The third-order valence-electron chi connectivity index (χ3n) is 5.37. The zero-order valence-corrected chi connectivity index (χ0v) is 16.2. The summed E-state index contributed by atoms with van der Waals surface area (Å²) in [6.07, 6.45) is 5.32. The maximum atomic E-state index is 12.4. The Morgan fingerprint density at radius 2 is 2.12 bits per heavy atom. The minimum absolute atomic E-state index is 0.0383. The summed E-state index contributed by atoms with van der Waals surface area (Å²) in [5.74, 6) is 2.93. The molecule has 0 aromatic carbocycles. The Labute approximate surface area is 157 Å². The normalized spacial score (nSPS) is 21.5. The summed E-state index contributed by atoms with van der Waals surface area (Å²) in [6.45, 7) is 6.44. The SMILES string of the molecule is Cc1nc(C2CCN(CC(=O)Nc3nc4c(s3)C[C@H](C)CC4)CC2)n[nH]1. The number of rotatable bonds is 4. The van der Waals surface area contributed by atoms with Crippen molar-refractivity contribution in [2.24, 2.45) is 5.92 Å². The van der Waals surface area contributed by atoms with Gasteiger partial charge < -0.3 is 5.32 Å². The molecule has 2 aliphatic rings. The summed E-state index contributed by atoms with van der Waals surface area (Å²) < 4.78 is 0. The number of likely N-dealkylation sites (tertiary alicyclic amines) is 1. The monoisotopic (exact) mass is 374 g/mol. The first-order chi connectivity index (χ1) is 12.6. The van der Waals surface area contributed by atoms with Crippen molar-refractivity contribution in [2.75, 3.05) is 25.0 Å². The predicted octanol–water partition coefficient (Wildman–Crippen LogP) is 2.51. The fourth-order valence-electron chi connectivity index (χ4n) is 3.85. The molecule has 2 N–H and O–H groups in total. The molecule has 1 fully saturated rings. The maximum Gasteiger partial charge on any atom is 0.240 e. The molecule has 1 atom stereocenters. The second-order valence-corrected chi connectivity index (χ2v) is 8.70. The zero-order valence-electron chi connectivity index (χ0n) is 15.4. The Hall–Kier alpha value is -1.80. The number of anilines is 1. The van der Waals surface area contributed by atoms with Crippen molar-refractivity contribution in [2.45, 2.75) is 51.9 Å². The first-order valence-electron chi connectivity index (χ1n) is 9.46. The van der Waals surface area contributed by atoms with E-state index in [1.807, 2.05) is 6.92 Å². The van der Waals surface area contributed by atoms with Gasteiger partial charge in [-0.15, -0.1) is 11.3 Å². The third kappa shape index (κ3) is 3.96. The van der Waals surface area contributed by atoms with Crippen LogP contribution in [0.2, 0.25) is 0 Å². The molecular formula is C18H26N6OS. The first kappa shape index (κ1) is 17.6. The van der Waals surface area contributed by atoms with Crippen LogP contribution < -0.4 is 5.32 Å². The number of aromatic nitrogens is 4. The lowest BCUT2D eigenvalue weighted by atomic mass is 9.93. The average molecular weight is 375 g/mol. The lowest BCUT2D eigenvalue weighted by molar-refractivity contribution is -0.117. The molecule has 0 spiro atoms. The molecule has 4 rings (SSSR count). The van der Waals surface area contributed by atoms with E-state index in [1.165, 1.54) is 17.0 Å². The van der Waals surface area contributed by atoms with Gasteiger partial charge in [0.15, 0.2) is 11.0 Å². The smallest absolute Gasteiger partial charge is 0.240 e. The highest BCUT2D eigenvalue weighted by Gasteiger charge is 2.25. The number of nitrogens with one attached hydrogen (secondary N) is 2. The minimum Gasteiger partial charge on any atom is -0.301 e. The Morgan fingerprint density at radius 1 is 1.31 bits per heavy atom. The fourth-order valence-corrected chi connectivity index (χ4v) is 5.03. The molecule has 1 saturated heterocycles. The fraction of sp³-hybridized carbons (Fsp3) is 0.667. The molecule has 140 valence electrons. The lowest BCUT2D eigenvalue weighted by Crippen LogP contribution is -2.38. The second-order valence-electron chi connectivity index (χ2n) is 7.61. The molecule has 1 aliphatic carbocycles. The standard InChI is InChI=1S/C18H26N6OS/c1-11-3-4-14-15(9-11)26-18(20-14)21-16(25)10-24-7-5-13(6-8-24)17-19-12(2)22-23-17/h11,13H,3-10H2,1-2H3,(H,19,22,23)(H,20,21,25)/t11-/m1/s1. The van der Waals surface area contributed by atoms with Crippen molar-refractivity contribution >= 4 is 22.4 Å². The number of amides is 1. The van der Waals surface area contributed by atoms with Gasteiger partial charge in [0.05, 0.1) is 12.2 Å². The van der Waals surface area contributed by atoms with E-state index in [9.17, 15) is 4.79 Å². The van der Waals surface area contributed by atoms with E-state index in [0.29, 0.717) is 12.5 Å². The van der Waals surface area contributed by atoms with Gasteiger partial charge in [0, 0.05) is 10.8 Å². The minimum atomic E-state index is 0.0383. The third-order valence-corrected chi connectivity index (χ3v) is 6.40. The van der Waals surface area contributed by atoms with Crippen LogP contribution in [-0.2, 0) is 17.6 Å². The number of piperidine rings is 1. The number of H-pyrrole nitrogens is 1. The molecule has 0 unspecified atom stereocenters. The van der Waals surface area contributed by atoms with Crippen molar-refractivity contribution in [3.63, 3.8) is 0 Å². The molecule has 3 heterocycles. The number of aryl methyl sites for hydroxylation is 2. The van der Waals surface area contributed by atoms with E-state index in [0.717, 1.165) is 61.5 Å². The molecule has 0 bridgehead atoms. The van der Waals surface area contributed by atoms with E-state index in [-0.39, 0.29) is 5.91 Å². The number of carbonyl (C=O) groups is 1. The topological polar surface area (TPSA) is 86.8 Å². The van der Waals surface area contributed by atoms with Gasteiger partial charge in [-0.25, -0.2) is 9.97 Å². The number of thiazole rings is 1. The molecule has 7 nitrogen and oxygen atoms in total. The van der Waals surface area contributed by atoms with E-state index in [4.69, 9.17) is 0 Å². The molecule has 26 heavy (non-hydrogen) atoms. The van der Waals surface area contributed by atoms with Gasteiger partial charge in [-0.05, 0) is 58.0 Å². The molecule has 1 aliphatic heterocycles. The Kier molecular flexibility index (Phi) is 5.04. The largest absolute Gasteiger partial charge is 0.301 e. The van der Waals surface area contributed by atoms with E-state index < -0.39 is 0 Å². The summed E-state index contributed by atoms with van der Waals surface area (Å²) >= 11 is 1.65. The van der Waals surface area contributed by atoms with Gasteiger partial charge in [-0.1, -0.05) is 6.92 Å². The van der Waals surface area contributed by atoms with E-state index >= 15 is 0 Å². The quantitative estimate of drug-likeness (QED) is 0.859. The summed E-state index contributed by atoms with van der Waals surface area (Å²) in [5, 5.41) is 11.0. The highest BCUT2D eigenvalue weighted by atomic mass is 32.1. The highest BCUT2D eigenvalue weighted by molar-refractivity contribution is 7.15. The van der Waals surface area contributed by atoms with Gasteiger partial charge >= 0.3 is 0 Å². The Bertz CT molecular complexity index is 776. The van der Waals surface area contributed by atoms with Gasteiger partial charge in [-0.3, -0.25) is 14.8 Å². The van der Waals surface area contributed by atoms with Crippen LogP contribution in [0.5, 0.6) is 0 Å². The van der Waals surface area contributed by atoms with Crippen molar-refractivity contribution in [1.82, 2.24) is 25.1 Å². The predicted molar refractivity (Wildman–Crippen MR) is 101 cm³/mol. The molecule has 8 heteroatoms. The summed E-state index contributed by atoms with van der Waals surface area (Å²) in [5.41, 5.74) is 1.19. The summed E-state index contributed by atoms with van der Waals surface area (Å²) in [6, 6.07) is 0. The van der Waals surface area contributed by atoms with Crippen LogP contribution in [0.15, 0.2) is 0 Å². The van der Waals surface area contributed by atoms with Crippen molar-refractivity contribution in [1.29, 1.82) is 0 Å². The molecule has 2 aromatic rings. The van der Waals surface area contributed by atoms with E-state index in [2.05, 4.69) is 37.3 Å². The number of hydrogen-bond acceptors (Lipinski definition) is 6. The number of fused-ring (bicyclic) bond motifs is 1. The zero-order chi connectivity index (χ0) is 18.1. The number of carbonyl (C=O) groups excluding carboxylic acids is 1. The van der Waals surface area contributed by atoms with Crippen molar-refractivity contribution < 1.29 is 4.79 Å². The first-order valence-corrected chi connectivity index (χ1v) is 10.3. The molecule has 2 aromatic heterocycles. The van der Waals surface area contributed by atoms with Crippen molar-refractivity contribution in [3.8, 4) is 0 Å². The van der Waals surface area contributed by atoms with Crippen LogP contribution in [0.1, 0.15) is 54.3 Å². The van der Waals surface area contributed by atoms with Gasteiger partial charge in [0.1, 0.15) is 5.82 Å². The molecule has 1 amide bonds. The van der Waals surface area contributed by atoms with Gasteiger partial charge in [0.25, 0.3) is 0 Å². The Balaban J connectivity index is 1.27. The highest BCUT2D eigenvalue weighted by Crippen LogP contribution is 2.32. The number of nitrogens with zero attached hydrogens (tertiary/aromatic N) is 4. The van der Waals surface area contributed by atoms with E-state index in [1.54, 1.807) is 11.3 Å². The van der Waals surface area contributed by atoms with Crippen LogP contribution in [0.4, 0.5) is 5.13 Å². The van der Waals surface area contributed by atoms with Crippen LogP contribution in [0.3, 0.4) is 0 Å². The number of hydrogen-bond donors (Lipinski definition) is 2. The lowest BCUT2D eigenvalue weighted by Gasteiger charge is -2.29. The van der Waals surface area contributed by atoms with Gasteiger partial charge in [-0.2, -0.15) is 5.10 Å². The van der Waals surface area contributed by atoms with Crippen LogP contribution >= 0.6 is 11.3 Å². The average Bonchev–Trinajstić information content (AvgIpc) is 3.20. The summed E-state index contributed by atoms with van der Waals surface area (Å²) in [4.78, 5) is 25.0. The van der Waals surface area contributed by atoms with Gasteiger partial charge in [0.2, 0.25) is 5.91 Å². The molecule has 0 saturated carbocycles. The molecule has 0 radical (unpaired) electrons. The Morgan fingerprint density at radius 3 is 2.85 bits per heavy atom. The second kappa shape index (κ2) is 7.44. The van der Waals surface area contributed by atoms with Crippen LogP contribution in [0.25, 0.3) is 0 Å². The van der Waals surface area contributed by atoms with Crippen LogP contribution in [0, 0.1) is 12.8 Å². The van der Waals surface area contributed by atoms with Crippen molar-refractivity contribution in [3.05, 3.63) is 22.2 Å². The summed E-state index contributed by atoms with van der Waals surface area (Å²) in [7, 11) is 0.